The van der Waals surface area contributed by atoms with Gasteiger partial charge in [-0.3, -0.25) is 9.00 Å². The van der Waals surface area contributed by atoms with E-state index < -0.39 is 28.7 Å². The van der Waals surface area contributed by atoms with Crippen LogP contribution in [0.5, 0.6) is 0 Å². The molecule has 0 aliphatic rings. The molecular formula is C17H32N4O9S. The van der Waals surface area contributed by atoms with Crippen LogP contribution in [0.3, 0.4) is 0 Å². The summed E-state index contributed by atoms with van der Waals surface area (Å²) in [4.78, 5) is 25.6. The lowest BCUT2D eigenvalue weighted by molar-refractivity contribution is -0.141. The number of ether oxygens (including phenoxy) is 4. The van der Waals surface area contributed by atoms with Crippen LogP contribution in [0, 0.1) is 0 Å². The molecule has 3 N–H and O–H groups in total. The van der Waals surface area contributed by atoms with Crippen molar-refractivity contribution in [1.29, 1.82) is 0 Å². The van der Waals surface area contributed by atoms with Crippen LogP contribution in [0.1, 0.15) is 12.8 Å². The summed E-state index contributed by atoms with van der Waals surface area (Å²) in [5.41, 5.74) is 8.08. The largest absolute Gasteiger partial charge is 0.480 e. The Hall–Kier alpha value is -1.80. The molecule has 2 unspecified atom stereocenters. The minimum absolute atomic E-state index is 0.0319. The molecule has 13 nitrogen and oxygen atoms in total. The van der Waals surface area contributed by atoms with Gasteiger partial charge >= 0.3 is 5.97 Å². The van der Waals surface area contributed by atoms with Crippen molar-refractivity contribution in [3.05, 3.63) is 10.4 Å². The van der Waals surface area contributed by atoms with Gasteiger partial charge < -0.3 is 34.5 Å². The summed E-state index contributed by atoms with van der Waals surface area (Å²) < 4.78 is 32.7. The number of carboxylic acid groups (broad SMARTS) is 1. The summed E-state index contributed by atoms with van der Waals surface area (Å²) in [5.74, 6) is -1.80. The van der Waals surface area contributed by atoms with Crippen molar-refractivity contribution < 1.29 is 43.0 Å². The molecule has 0 bridgehead atoms. The highest BCUT2D eigenvalue weighted by molar-refractivity contribution is 7.85. The number of amides is 1. The molecule has 1 amide bonds. The van der Waals surface area contributed by atoms with Crippen LogP contribution in [0.25, 0.3) is 10.4 Å². The molecule has 0 aromatic carbocycles. The van der Waals surface area contributed by atoms with Gasteiger partial charge in [0, 0.05) is 41.0 Å². The predicted octanol–water partition coefficient (Wildman–Crippen LogP) is -0.546. The first-order valence-electron chi connectivity index (χ1n) is 9.81. The molecule has 0 aliphatic carbocycles. The van der Waals surface area contributed by atoms with Crippen LogP contribution < -0.4 is 5.32 Å². The lowest BCUT2D eigenvalue weighted by atomic mass is 10.3. The molecule has 0 rings (SSSR count). The number of azide groups is 1. The topological polar surface area (TPSA) is 189 Å². The van der Waals surface area contributed by atoms with Gasteiger partial charge in [0.2, 0.25) is 5.91 Å². The molecule has 14 heteroatoms. The Labute approximate surface area is 183 Å². The zero-order valence-electron chi connectivity index (χ0n) is 17.5. The van der Waals surface area contributed by atoms with Gasteiger partial charge in [0.05, 0.1) is 58.6 Å². The number of nitrogens with zero attached hydrogens (tertiary/aromatic N) is 3. The van der Waals surface area contributed by atoms with E-state index in [1.54, 1.807) is 0 Å². The van der Waals surface area contributed by atoms with E-state index in [0.717, 1.165) is 0 Å². The van der Waals surface area contributed by atoms with Crippen molar-refractivity contribution in [3.63, 3.8) is 0 Å². The van der Waals surface area contributed by atoms with E-state index in [1.807, 2.05) is 0 Å². The number of aliphatic carboxylic acids is 1. The van der Waals surface area contributed by atoms with Gasteiger partial charge in [-0.15, -0.1) is 0 Å². The van der Waals surface area contributed by atoms with Gasteiger partial charge in [0.15, 0.2) is 0 Å². The SMILES string of the molecule is [N-]=[N+]=NCCOCCOCCOCCOCCC(=O)NC(CS(=O)CCCO)C(=O)O. The zero-order valence-corrected chi connectivity index (χ0v) is 18.3. The fraction of sp³-hybridized carbons (Fsp3) is 0.882. The Balaban J connectivity index is 3.60. The number of hydrogen-bond acceptors (Lipinski definition) is 9. The number of aliphatic hydroxyl groups is 1. The molecule has 2 atom stereocenters. The van der Waals surface area contributed by atoms with Gasteiger partial charge in [0.1, 0.15) is 6.04 Å². The van der Waals surface area contributed by atoms with E-state index in [4.69, 9.17) is 34.7 Å². The second kappa shape index (κ2) is 21.4. The number of carbonyl (C=O) groups is 2. The minimum atomic E-state index is -1.44. The quantitative estimate of drug-likeness (QED) is 0.0810. The van der Waals surface area contributed by atoms with Gasteiger partial charge in [0.25, 0.3) is 0 Å². The molecule has 0 spiro atoms. The fourth-order valence-electron chi connectivity index (χ4n) is 2.01. The molecule has 0 heterocycles. The first kappa shape index (κ1) is 29.2. The monoisotopic (exact) mass is 468 g/mol. The summed E-state index contributed by atoms with van der Waals surface area (Å²) >= 11 is 0. The lowest BCUT2D eigenvalue weighted by Crippen LogP contribution is -2.45. The van der Waals surface area contributed by atoms with Gasteiger partial charge in [-0.25, -0.2) is 4.79 Å². The maximum Gasteiger partial charge on any atom is 0.327 e. The normalized spacial score (nSPS) is 12.7. The number of hydrogen-bond donors (Lipinski definition) is 3. The third-order valence-electron chi connectivity index (χ3n) is 3.50. The summed E-state index contributed by atoms with van der Waals surface area (Å²) in [6.07, 6.45) is 0.277. The molecule has 0 aromatic heterocycles. The number of aliphatic hydroxyl groups excluding tert-OH is 1. The van der Waals surface area contributed by atoms with E-state index >= 15 is 0 Å². The Morgan fingerprint density at radius 3 is 2.06 bits per heavy atom. The predicted molar refractivity (Wildman–Crippen MR) is 111 cm³/mol. The second-order valence-electron chi connectivity index (χ2n) is 6.00. The Kier molecular flexibility index (Phi) is 20.2. The smallest absolute Gasteiger partial charge is 0.327 e. The minimum Gasteiger partial charge on any atom is -0.480 e. The summed E-state index contributed by atoms with van der Waals surface area (Å²) in [5, 5.41) is 23.5. The van der Waals surface area contributed by atoms with Crippen molar-refractivity contribution in [2.75, 3.05) is 77.5 Å². The average molecular weight is 469 g/mol. The van der Waals surface area contributed by atoms with Crippen molar-refractivity contribution in [3.8, 4) is 0 Å². The van der Waals surface area contributed by atoms with Gasteiger partial charge in [-0.05, 0) is 12.0 Å². The fourth-order valence-corrected chi connectivity index (χ4v) is 3.23. The number of carbonyl (C=O) groups excluding carboxylic acids is 1. The number of carboxylic acids is 1. The molecule has 0 saturated carbocycles. The van der Waals surface area contributed by atoms with E-state index in [2.05, 4.69) is 15.3 Å². The molecule has 0 aliphatic heterocycles. The van der Waals surface area contributed by atoms with E-state index in [0.29, 0.717) is 46.1 Å². The highest BCUT2D eigenvalue weighted by Gasteiger charge is 2.22. The van der Waals surface area contributed by atoms with E-state index in [-0.39, 0.29) is 44.3 Å². The molecule has 0 radical (unpaired) electrons. The van der Waals surface area contributed by atoms with Crippen molar-refractivity contribution in [1.82, 2.24) is 5.32 Å². The van der Waals surface area contributed by atoms with Crippen molar-refractivity contribution >= 4 is 22.7 Å². The van der Waals surface area contributed by atoms with Crippen LogP contribution in [-0.4, -0.2) is 110 Å². The highest BCUT2D eigenvalue weighted by atomic mass is 32.2. The zero-order chi connectivity index (χ0) is 23.2. The first-order valence-corrected chi connectivity index (χ1v) is 11.3. The Bertz CT molecular complexity index is 562. The number of nitrogens with one attached hydrogen (secondary N) is 1. The van der Waals surface area contributed by atoms with Crippen molar-refractivity contribution in [2.45, 2.75) is 18.9 Å². The highest BCUT2D eigenvalue weighted by Crippen LogP contribution is 1.95. The molecule has 31 heavy (non-hydrogen) atoms. The first-order chi connectivity index (χ1) is 15.0. The van der Waals surface area contributed by atoms with Crippen LogP contribution in [-0.2, 0) is 39.3 Å². The average Bonchev–Trinajstić information content (AvgIpc) is 2.74. The Morgan fingerprint density at radius 1 is 1.00 bits per heavy atom. The molecule has 0 fully saturated rings. The molecule has 180 valence electrons. The van der Waals surface area contributed by atoms with Crippen LogP contribution in [0.15, 0.2) is 5.11 Å². The van der Waals surface area contributed by atoms with Gasteiger partial charge in [-0.2, -0.15) is 0 Å². The third-order valence-corrected chi connectivity index (χ3v) is 4.95. The Morgan fingerprint density at radius 2 is 1.55 bits per heavy atom. The molecule has 0 aromatic rings. The summed E-state index contributed by atoms with van der Waals surface area (Å²) in [7, 11) is -1.44. The summed E-state index contributed by atoms with van der Waals surface area (Å²) in [6.45, 7) is 2.74. The van der Waals surface area contributed by atoms with E-state index in [9.17, 15) is 13.8 Å². The maximum atomic E-state index is 11.8. The molecular weight excluding hydrogens is 436 g/mol. The second-order valence-corrected chi connectivity index (χ2v) is 7.62. The van der Waals surface area contributed by atoms with Crippen LogP contribution in [0.2, 0.25) is 0 Å². The standard InChI is InChI=1S/C17H32N4O9S/c18-21-19-3-6-28-8-10-30-12-11-29-9-7-27-5-2-16(23)20-15(17(24)25)14-31(26)13-1-4-22/h15,22H,1-14H2,(H,20,23)(H,24,25). The van der Waals surface area contributed by atoms with Crippen LogP contribution in [0.4, 0.5) is 0 Å². The van der Waals surface area contributed by atoms with E-state index in [1.165, 1.54) is 0 Å². The number of rotatable bonds is 22. The molecule has 0 saturated heterocycles. The maximum absolute atomic E-state index is 11.8. The van der Waals surface area contributed by atoms with Crippen LogP contribution >= 0.6 is 0 Å². The van der Waals surface area contributed by atoms with Crippen molar-refractivity contribution in [2.24, 2.45) is 5.11 Å². The lowest BCUT2D eigenvalue weighted by Gasteiger charge is -2.14. The summed E-state index contributed by atoms with van der Waals surface area (Å²) in [6, 6.07) is -1.24. The third kappa shape index (κ3) is 19.9. The van der Waals surface area contributed by atoms with Gasteiger partial charge in [-0.1, -0.05) is 5.11 Å².